The molecule has 0 spiro atoms. The number of nitrogens with one attached hydrogen (secondary N) is 1. The molecule has 0 unspecified atom stereocenters. The number of carbonyl (C=O) groups excluding carboxylic acids is 1. The number of carbonyl (C=O) groups is 1. The van der Waals surface area contributed by atoms with Crippen LogP contribution in [0.25, 0.3) is 10.7 Å². The molecule has 0 fully saturated rings. The summed E-state index contributed by atoms with van der Waals surface area (Å²) in [6.45, 7) is 0.273. The van der Waals surface area contributed by atoms with Crippen LogP contribution < -0.4 is 14.8 Å². The quantitative estimate of drug-likeness (QED) is 0.645. The molecule has 1 aliphatic rings. The number of fused-ring (bicyclic) bond motifs is 1. The lowest BCUT2D eigenvalue weighted by Gasteiger charge is -2.09. The maximum absolute atomic E-state index is 12.5. The number of benzene rings is 1. The van der Waals surface area contributed by atoms with E-state index in [-0.39, 0.29) is 24.9 Å². The van der Waals surface area contributed by atoms with Gasteiger partial charge in [0.05, 0.1) is 4.88 Å². The topological polar surface area (TPSA) is 114 Å². The van der Waals surface area contributed by atoms with E-state index < -0.39 is 17.5 Å². The summed E-state index contributed by atoms with van der Waals surface area (Å²) in [5.74, 6) is -0.611. The highest BCUT2D eigenvalue weighted by atomic mass is 32.1. The van der Waals surface area contributed by atoms with E-state index in [1.165, 1.54) is 11.3 Å². The van der Waals surface area contributed by atoms with E-state index >= 15 is 0 Å². The van der Waals surface area contributed by atoms with E-state index in [0.717, 1.165) is 5.56 Å². The van der Waals surface area contributed by atoms with Crippen LogP contribution in [0.3, 0.4) is 0 Å². The Morgan fingerprint density at radius 2 is 2.08 bits per heavy atom. The highest BCUT2D eigenvalue weighted by molar-refractivity contribution is 7.13. The number of thiophene rings is 1. The summed E-state index contributed by atoms with van der Waals surface area (Å²) in [5.41, 5.74) is 0.426. The van der Waals surface area contributed by atoms with Crippen LogP contribution in [0.1, 0.15) is 16.1 Å². The van der Waals surface area contributed by atoms with Gasteiger partial charge in [-0.1, -0.05) is 18.2 Å². The molecule has 1 aromatic carbocycles. The molecule has 0 saturated carbocycles. The first-order valence-corrected chi connectivity index (χ1v) is 8.51. The fourth-order valence-corrected chi connectivity index (χ4v) is 3.16. The Labute approximate surface area is 151 Å². The summed E-state index contributed by atoms with van der Waals surface area (Å²) in [4.78, 5) is 21.0. The summed E-state index contributed by atoms with van der Waals surface area (Å²) >= 11 is 1.35. The fraction of sp³-hybridized carbons (Fsp3) is 0.118. The largest absolute Gasteiger partial charge is 0.501 e. The maximum atomic E-state index is 12.5. The standard InChI is InChI=1S/C17H13N3O5S/c21-13-12(19-15(20-17(13)23)11-5-2-6-26-11)16(22)18-7-9-3-1-4-10-14(9)25-8-24-10/h1-6,21H,7-8H2,(H,18,22)(H,19,20,23). The second kappa shape index (κ2) is 6.52. The molecule has 1 aliphatic heterocycles. The first kappa shape index (κ1) is 16.2. The molecule has 132 valence electrons. The third-order valence-electron chi connectivity index (χ3n) is 3.74. The van der Waals surface area contributed by atoms with Gasteiger partial charge in [-0.3, -0.25) is 4.79 Å². The van der Waals surface area contributed by atoms with Crippen LogP contribution in [0.2, 0.25) is 0 Å². The maximum Gasteiger partial charge on any atom is 0.274 e. The van der Waals surface area contributed by atoms with Gasteiger partial charge in [0, 0.05) is 12.1 Å². The molecule has 1 amide bonds. The van der Waals surface area contributed by atoms with Gasteiger partial charge in [0.15, 0.2) is 23.0 Å². The van der Waals surface area contributed by atoms with Crippen molar-refractivity contribution >= 4 is 17.2 Å². The summed E-state index contributed by atoms with van der Waals surface area (Å²) in [6, 6.07) is 8.91. The zero-order valence-electron chi connectivity index (χ0n) is 13.3. The molecular formula is C17H13N3O5S. The Morgan fingerprint density at radius 1 is 1.19 bits per heavy atom. The van der Waals surface area contributed by atoms with Crippen LogP contribution in [0, 0.1) is 0 Å². The molecule has 26 heavy (non-hydrogen) atoms. The predicted octanol–water partition coefficient (Wildman–Crippen LogP) is 2.28. The van der Waals surface area contributed by atoms with E-state index in [1.54, 1.807) is 30.3 Å². The molecule has 2 aromatic heterocycles. The molecule has 9 heteroatoms. The van der Waals surface area contributed by atoms with Crippen LogP contribution in [0.15, 0.2) is 35.7 Å². The second-order valence-corrected chi connectivity index (χ2v) is 6.33. The third-order valence-corrected chi connectivity index (χ3v) is 4.61. The predicted molar refractivity (Wildman–Crippen MR) is 92.4 cm³/mol. The minimum atomic E-state index is -0.666. The summed E-state index contributed by atoms with van der Waals surface area (Å²) in [5, 5.41) is 24.3. The van der Waals surface area contributed by atoms with Gasteiger partial charge in [0.25, 0.3) is 11.8 Å². The van der Waals surface area contributed by atoms with Gasteiger partial charge in [-0.2, -0.15) is 4.98 Å². The van der Waals surface area contributed by atoms with Gasteiger partial charge >= 0.3 is 0 Å². The van der Waals surface area contributed by atoms with Gasteiger partial charge in [0.1, 0.15) is 0 Å². The minimum absolute atomic E-state index is 0.130. The zero-order chi connectivity index (χ0) is 18.1. The van der Waals surface area contributed by atoms with Gasteiger partial charge in [-0.15, -0.1) is 11.3 Å². The van der Waals surface area contributed by atoms with Crippen LogP contribution >= 0.6 is 11.3 Å². The molecule has 8 nitrogen and oxygen atoms in total. The first-order chi connectivity index (χ1) is 12.6. The Bertz CT molecular complexity index is 975. The SMILES string of the molecule is O=C(NCc1cccc2c1OCO2)c1nc(-c2cccs2)nc(O)c1O. The lowest BCUT2D eigenvalue weighted by molar-refractivity contribution is 0.0941. The van der Waals surface area contributed by atoms with E-state index in [9.17, 15) is 15.0 Å². The van der Waals surface area contributed by atoms with Crippen molar-refractivity contribution in [2.75, 3.05) is 6.79 Å². The third kappa shape index (κ3) is 2.88. The number of ether oxygens (including phenoxy) is 2. The molecule has 0 bridgehead atoms. The molecule has 0 saturated heterocycles. The van der Waals surface area contributed by atoms with Crippen molar-refractivity contribution in [3.63, 3.8) is 0 Å². The average Bonchev–Trinajstić information content (AvgIpc) is 3.33. The normalized spacial score (nSPS) is 12.2. The molecule has 0 radical (unpaired) electrons. The smallest absolute Gasteiger partial charge is 0.274 e. The van der Waals surface area contributed by atoms with Crippen molar-refractivity contribution in [1.29, 1.82) is 0 Å². The molecule has 0 atom stereocenters. The number of nitrogens with zero attached hydrogens (tertiary/aromatic N) is 2. The highest BCUT2D eigenvalue weighted by Gasteiger charge is 2.22. The van der Waals surface area contributed by atoms with Crippen LogP contribution in [-0.2, 0) is 6.54 Å². The van der Waals surface area contributed by atoms with Crippen LogP contribution in [0.4, 0.5) is 0 Å². The number of para-hydroxylation sites is 1. The number of amides is 1. The Morgan fingerprint density at radius 3 is 2.88 bits per heavy atom. The molecule has 3 heterocycles. The minimum Gasteiger partial charge on any atom is -0.501 e. The van der Waals surface area contributed by atoms with Crippen molar-refractivity contribution in [2.45, 2.75) is 6.54 Å². The monoisotopic (exact) mass is 371 g/mol. The van der Waals surface area contributed by atoms with Crippen molar-refractivity contribution in [3.8, 4) is 33.8 Å². The number of rotatable bonds is 4. The lowest BCUT2D eigenvalue weighted by Crippen LogP contribution is -2.24. The van der Waals surface area contributed by atoms with E-state index in [4.69, 9.17) is 9.47 Å². The molecule has 3 N–H and O–H groups in total. The molecular weight excluding hydrogens is 358 g/mol. The Balaban J connectivity index is 1.58. The number of aromatic hydroxyl groups is 2. The first-order valence-electron chi connectivity index (χ1n) is 7.63. The Hall–Kier alpha value is -3.33. The second-order valence-electron chi connectivity index (χ2n) is 5.38. The number of hydrogen-bond acceptors (Lipinski definition) is 8. The molecule has 4 rings (SSSR count). The van der Waals surface area contributed by atoms with Gasteiger partial charge in [0.2, 0.25) is 12.5 Å². The average molecular weight is 371 g/mol. The van der Waals surface area contributed by atoms with Crippen LogP contribution in [0.5, 0.6) is 23.1 Å². The number of aromatic nitrogens is 2. The molecule has 3 aromatic rings. The molecule has 0 aliphatic carbocycles. The van der Waals surface area contributed by atoms with Crippen molar-refractivity contribution < 1.29 is 24.5 Å². The van der Waals surface area contributed by atoms with E-state index in [0.29, 0.717) is 16.4 Å². The van der Waals surface area contributed by atoms with Gasteiger partial charge in [-0.25, -0.2) is 4.98 Å². The zero-order valence-corrected chi connectivity index (χ0v) is 14.1. The highest BCUT2D eigenvalue weighted by Crippen LogP contribution is 2.35. The number of hydrogen-bond donors (Lipinski definition) is 3. The van der Waals surface area contributed by atoms with Gasteiger partial charge in [-0.05, 0) is 17.5 Å². The van der Waals surface area contributed by atoms with Crippen molar-refractivity contribution in [2.24, 2.45) is 0 Å². The lowest BCUT2D eigenvalue weighted by atomic mass is 10.2. The van der Waals surface area contributed by atoms with Gasteiger partial charge < -0.3 is 25.0 Å². The summed E-state index contributed by atoms with van der Waals surface area (Å²) < 4.78 is 10.7. The summed E-state index contributed by atoms with van der Waals surface area (Å²) in [6.07, 6.45) is 0. The fourth-order valence-electron chi connectivity index (χ4n) is 2.51. The summed E-state index contributed by atoms with van der Waals surface area (Å²) in [7, 11) is 0. The van der Waals surface area contributed by atoms with E-state index in [1.807, 2.05) is 5.38 Å². The van der Waals surface area contributed by atoms with Crippen molar-refractivity contribution in [1.82, 2.24) is 15.3 Å². The van der Waals surface area contributed by atoms with Crippen molar-refractivity contribution in [3.05, 3.63) is 47.0 Å². The van der Waals surface area contributed by atoms with E-state index in [2.05, 4.69) is 15.3 Å². The van der Waals surface area contributed by atoms with Crippen LogP contribution in [-0.4, -0.2) is 32.9 Å². The Kier molecular flexibility index (Phi) is 4.05.